The van der Waals surface area contributed by atoms with E-state index in [2.05, 4.69) is 15.3 Å². The van der Waals surface area contributed by atoms with Crippen LogP contribution in [0.4, 0.5) is 0 Å². The highest BCUT2D eigenvalue weighted by Crippen LogP contribution is 2.16. The van der Waals surface area contributed by atoms with Gasteiger partial charge in [-0.25, -0.2) is 4.98 Å². The monoisotopic (exact) mass is 298 g/mol. The lowest BCUT2D eigenvalue weighted by atomic mass is 10.1. The number of carbonyl (C=O) groups is 2. The molecule has 2 heterocycles. The van der Waals surface area contributed by atoms with Crippen LogP contribution in [-0.4, -0.2) is 21.8 Å². The van der Waals surface area contributed by atoms with Gasteiger partial charge in [0.1, 0.15) is 17.0 Å². The fraction of sp³-hybridized carbons (Fsp3) is 0.133. The summed E-state index contributed by atoms with van der Waals surface area (Å²) in [5.41, 5.74) is 6.55. The van der Waals surface area contributed by atoms with Crippen LogP contribution in [0.1, 0.15) is 32.5 Å². The Kier molecular flexibility index (Phi) is 3.38. The lowest BCUT2D eigenvalue weighted by Crippen LogP contribution is -2.22. The molecule has 3 rings (SSSR count). The van der Waals surface area contributed by atoms with Crippen LogP contribution in [0.2, 0.25) is 0 Å². The summed E-state index contributed by atoms with van der Waals surface area (Å²) in [6, 6.07) is 8.69. The van der Waals surface area contributed by atoms with Crippen molar-refractivity contribution in [3.8, 4) is 0 Å². The van der Waals surface area contributed by atoms with Gasteiger partial charge in [-0.1, -0.05) is 6.07 Å². The highest BCUT2D eigenvalue weighted by molar-refractivity contribution is 6.06. The maximum Gasteiger partial charge on any atom is 0.284 e. The second-order valence-electron chi connectivity index (χ2n) is 4.85. The zero-order valence-electron chi connectivity index (χ0n) is 11.8. The van der Waals surface area contributed by atoms with Crippen LogP contribution in [0.15, 0.2) is 34.7 Å². The van der Waals surface area contributed by atoms with Crippen molar-refractivity contribution in [2.45, 2.75) is 13.5 Å². The highest BCUT2D eigenvalue weighted by atomic mass is 16.3. The summed E-state index contributed by atoms with van der Waals surface area (Å²) in [6.45, 7) is 2.11. The van der Waals surface area contributed by atoms with E-state index in [1.54, 1.807) is 24.3 Å². The van der Waals surface area contributed by atoms with Crippen molar-refractivity contribution in [1.82, 2.24) is 15.3 Å². The average Bonchev–Trinajstić information content (AvgIpc) is 3.10. The van der Waals surface area contributed by atoms with Crippen LogP contribution >= 0.6 is 0 Å². The van der Waals surface area contributed by atoms with Crippen molar-refractivity contribution in [1.29, 1.82) is 0 Å². The molecule has 2 aromatic heterocycles. The third-order valence-electron chi connectivity index (χ3n) is 3.21. The number of primary amides is 1. The number of aryl methyl sites for hydroxylation is 1. The van der Waals surface area contributed by atoms with Gasteiger partial charge in [0, 0.05) is 0 Å². The van der Waals surface area contributed by atoms with E-state index < -0.39 is 5.91 Å². The normalized spacial score (nSPS) is 10.8. The second-order valence-corrected chi connectivity index (χ2v) is 4.85. The number of nitrogens with two attached hydrogens (primary N) is 1. The minimum atomic E-state index is -0.673. The molecule has 3 aromatic rings. The fourth-order valence-electron chi connectivity index (χ4n) is 2.17. The molecule has 4 N–H and O–H groups in total. The number of rotatable bonds is 4. The third kappa shape index (κ3) is 2.56. The summed E-state index contributed by atoms with van der Waals surface area (Å²) in [6.07, 6.45) is 0. The molecule has 112 valence electrons. The number of carbonyl (C=O) groups excluding carboxylic acids is 2. The maximum absolute atomic E-state index is 12.3. The van der Waals surface area contributed by atoms with Crippen molar-refractivity contribution in [2.24, 2.45) is 5.73 Å². The predicted octanol–water partition coefficient (Wildman–Crippen LogP) is 1.49. The number of aromatic amines is 1. The van der Waals surface area contributed by atoms with Crippen molar-refractivity contribution in [2.75, 3.05) is 0 Å². The number of hydrogen-bond donors (Lipinski definition) is 3. The van der Waals surface area contributed by atoms with Gasteiger partial charge < -0.3 is 20.5 Å². The quantitative estimate of drug-likeness (QED) is 0.677. The molecule has 0 aliphatic rings. The number of benzene rings is 1. The van der Waals surface area contributed by atoms with E-state index in [-0.39, 0.29) is 18.3 Å². The summed E-state index contributed by atoms with van der Waals surface area (Å²) < 4.78 is 5.40. The van der Waals surface area contributed by atoms with Crippen LogP contribution in [0, 0.1) is 6.92 Å². The molecule has 0 saturated heterocycles. The minimum Gasteiger partial charge on any atom is -0.465 e. The molecule has 0 fully saturated rings. The van der Waals surface area contributed by atoms with E-state index in [0.717, 1.165) is 5.76 Å². The Balaban J connectivity index is 1.85. The second kappa shape index (κ2) is 5.36. The Labute approximate surface area is 125 Å². The number of nitrogens with one attached hydrogen (secondary N) is 2. The van der Waals surface area contributed by atoms with Crippen molar-refractivity contribution < 1.29 is 14.0 Å². The van der Waals surface area contributed by atoms with E-state index in [4.69, 9.17) is 10.2 Å². The van der Waals surface area contributed by atoms with Gasteiger partial charge >= 0.3 is 0 Å². The number of amides is 2. The predicted molar refractivity (Wildman–Crippen MR) is 79.2 cm³/mol. The SMILES string of the molecule is Cc1ccc(CNC(=O)c2cccc3[nH]c(C(N)=O)nc23)o1. The fourth-order valence-corrected chi connectivity index (χ4v) is 2.17. The van der Waals surface area contributed by atoms with Crippen LogP contribution in [0.5, 0.6) is 0 Å². The molecule has 0 atom stereocenters. The zero-order chi connectivity index (χ0) is 15.7. The summed E-state index contributed by atoms with van der Waals surface area (Å²) >= 11 is 0. The van der Waals surface area contributed by atoms with E-state index >= 15 is 0 Å². The number of furan rings is 1. The molecular formula is C15H14N4O3. The lowest BCUT2D eigenvalue weighted by Gasteiger charge is -2.04. The maximum atomic E-state index is 12.3. The number of aromatic nitrogens is 2. The first kappa shape index (κ1) is 13.9. The van der Waals surface area contributed by atoms with Gasteiger partial charge in [0.2, 0.25) is 0 Å². The molecule has 0 aliphatic heterocycles. The first-order valence-corrected chi connectivity index (χ1v) is 6.66. The number of H-pyrrole nitrogens is 1. The lowest BCUT2D eigenvalue weighted by molar-refractivity contribution is 0.0947. The first-order chi connectivity index (χ1) is 10.5. The topological polar surface area (TPSA) is 114 Å². The summed E-state index contributed by atoms with van der Waals surface area (Å²) in [5, 5.41) is 2.76. The minimum absolute atomic E-state index is 0.0249. The largest absolute Gasteiger partial charge is 0.465 e. The molecule has 0 radical (unpaired) electrons. The third-order valence-corrected chi connectivity index (χ3v) is 3.21. The molecule has 1 aromatic carbocycles. The Morgan fingerprint density at radius 2 is 2.14 bits per heavy atom. The Bertz CT molecular complexity index is 863. The first-order valence-electron chi connectivity index (χ1n) is 6.66. The summed E-state index contributed by atoms with van der Waals surface area (Å²) in [4.78, 5) is 30.3. The van der Waals surface area contributed by atoms with E-state index in [9.17, 15) is 9.59 Å². The Hall–Kier alpha value is -3.09. The highest BCUT2D eigenvalue weighted by Gasteiger charge is 2.15. The van der Waals surface area contributed by atoms with Crippen molar-refractivity contribution >= 4 is 22.8 Å². The molecule has 7 nitrogen and oxygen atoms in total. The van der Waals surface area contributed by atoms with Gasteiger partial charge in [0.05, 0.1) is 17.6 Å². The number of fused-ring (bicyclic) bond motifs is 1. The molecule has 0 spiro atoms. The number of nitrogens with zero attached hydrogens (tertiary/aromatic N) is 1. The van der Waals surface area contributed by atoms with Gasteiger partial charge in [0.15, 0.2) is 5.82 Å². The molecule has 2 amide bonds. The van der Waals surface area contributed by atoms with Crippen LogP contribution in [0.3, 0.4) is 0 Å². The van der Waals surface area contributed by atoms with E-state index in [1.165, 1.54) is 0 Å². The molecule has 0 unspecified atom stereocenters. The van der Waals surface area contributed by atoms with Gasteiger partial charge in [-0.3, -0.25) is 9.59 Å². The van der Waals surface area contributed by atoms with Gasteiger partial charge in [-0.05, 0) is 31.2 Å². The van der Waals surface area contributed by atoms with E-state index in [1.807, 2.05) is 13.0 Å². The molecule has 22 heavy (non-hydrogen) atoms. The van der Waals surface area contributed by atoms with Crippen molar-refractivity contribution in [3.63, 3.8) is 0 Å². The van der Waals surface area contributed by atoms with Crippen molar-refractivity contribution in [3.05, 3.63) is 53.2 Å². The van der Waals surface area contributed by atoms with E-state index in [0.29, 0.717) is 22.4 Å². The zero-order valence-corrected chi connectivity index (χ0v) is 11.8. The summed E-state index contributed by atoms with van der Waals surface area (Å²) in [5.74, 6) is 0.496. The number of imidazole rings is 1. The standard InChI is InChI=1S/C15H14N4O3/c1-8-5-6-9(22-8)7-17-15(21)10-3-2-4-11-12(10)19-14(18-11)13(16)20/h2-6H,7H2,1H3,(H2,16,20)(H,17,21)(H,18,19). The number of hydrogen-bond acceptors (Lipinski definition) is 4. The van der Waals surface area contributed by atoms with Gasteiger partial charge in [0.25, 0.3) is 11.8 Å². The Morgan fingerprint density at radius 1 is 1.32 bits per heavy atom. The van der Waals surface area contributed by atoms with Gasteiger partial charge in [-0.2, -0.15) is 0 Å². The summed E-state index contributed by atoms with van der Waals surface area (Å²) in [7, 11) is 0. The molecule has 0 bridgehead atoms. The van der Waals surface area contributed by atoms with Crippen LogP contribution < -0.4 is 11.1 Å². The van der Waals surface area contributed by atoms with Crippen LogP contribution in [0.25, 0.3) is 11.0 Å². The number of para-hydroxylation sites is 1. The van der Waals surface area contributed by atoms with Crippen LogP contribution in [-0.2, 0) is 6.54 Å². The van der Waals surface area contributed by atoms with Gasteiger partial charge in [-0.15, -0.1) is 0 Å². The average molecular weight is 298 g/mol. The smallest absolute Gasteiger partial charge is 0.284 e. The molecule has 0 aliphatic carbocycles. The molecular weight excluding hydrogens is 284 g/mol. The Morgan fingerprint density at radius 3 is 2.82 bits per heavy atom. The molecule has 0 saturated carbocycles. The molecule has 7 heteroatoms.